The number of carbonyl (C=O) groups is 2. The van der Waals surface area contributed by atoms with Gasteiger partial charge in [-0.1, -0.05) is 30.7 Å². The number of piperidine rings is 2. The lowest BCUT2D eigenvalue weighted by molar-refractivity contribution is -0.119. The molecule has 2 aliphatic rings. The number of hydrogen-bond acceptors (Lipinski definition) is 3. The van der Waals surface area contributed by atoms with E-state index in [1.165, 1.54) is 44.8 Å². The van der Waals surface area contributed by atoms with Crippen molar-refractivity contribution in [3.8, 4) is 0 Å². The first-order chi connectivity index (χ1) is 13.1. The maximum atomic E-state index is 12.4. The van der Waals surface area contributed by atoms with Crippen LogP contribution in [0.25, 0.3) is 0 Å². The number of hydrogen-bond donors (Lipinski definition) is 2. The fraction of sp³-hybridized carbons (Fsp3) is 0.619. The van der Waals surface area contributed by atoms with Crippen molar-refractivity contribution in [3.05, 3.63) is 35.4 Å². The van der Waals surface area contributed by atoms with Crippen LogP contribution >= 0.6 is 0 Å². The zero-order valence-corrected chi connectivity index (χ0v) is 16.4. The van der Waals surface area contributed by atoms with Crippen molar-refractivity contribution in [2.24, 2.45) is 0 Å². The van der Waals surface area contributed by atoms with Crippen LogP contribution in [0.1, 0.15) is 50.2 Å². The number of amides is 3. The molecule has 2 heterocycles. The Kier molecular flexibility index (Phi) is 7.10. The van der Waals surface area contributed by atoms with Crippen LogP contribution in [0.15, 0.2) is 24.3 Å². The molecule has 6 nitrogen and oxygen atoms in total. The smallest absolute Gasteiger partial charge is 0.317 e. The summed E-state index contributed by atoms with van der Waals surface area (Å²) >= 11 is 0. The highest BCUT2D eigenvalue weighted by molar-refractivity contribution is 5.75. The van der Waals surface area contributed by atoms with Gasteiger partial charge in [-0.2, -0.15) is 0 Å². The molecule has 1 aromatic rings. The molecule has 2 fully saturated rings. The van der Waals surface area contributed by atoms with Gasteiger partial charge in [-0.3, -0.25) is 9.69 Å². The fourth-order valence-electron chi connectivity index (χ4n) is 3.99. The summed E-state index contributed by atoms with van der Waals surface area (Å²) in [6, 6.07) is 8.57. The summed E-state index contributed by atoms with van der Waals surface area (Å²) in [7, 11) is 0. The molecule has 2 N–H and O–H groups in total. The third-order valence-corrected chi connectivity index (χ3v) is 5.44. The molecular formula is C21H32N4O2. The van der Waals surface area contributed by atoms with Crippen molar-refractivity contribution in [1.82, 2.24) is 20.4 Å². The second-order valence-electron chi connectivity index (χ2n) is 7.80. The van der Waals surface area contributed by atoms with Crippen LogP contribution in [-0.2, 0) is 17.9 Å². The number of carbonyl (C=O) groups excluding carboxylic acids is 2. The Bertz CT molecular complexity index is 626. The van der Waals surface area contributed by atoms with E-state index in [4.69, 9.17) is 0 Å². The van der Waals surface area contributed by atoms with Gasteiger partial charge in [0.2, 0.25) is 5.91 Å². The van der Waals surface area contributed by atoms with E-state index in [1.807, 2.05) is 0 Å². The highest BCUT2D eigenvalue weighted by atomic mass is 16.2. The van der Waals surface area contributed by atoms with E-state index in [1.54, 1.807) is 4.90 Å². The lowest BCUT2D eigenvalue weighted by Crippen LogP contribution is -2.51. The number of urea groups is 1. The van der Waals surface area contributed by atoms with E-state index in [-0.39, 0.29) is 18.0 Å². The molecule has 1 unspecified atom stereocenters. The number of likely N-dealkylation sites (tertiary alicyclic amines) is 2. The van der Waals surface area contributed by atoms with Crippen molar-refractivity contribution in [2.45, 2.75) is 58.2 Å². The highest BCUT2D eigenvalue weighted by Crippen LogP contribution is 2.14. The van der Waals surface area contributed by atoms with Gasteiger partial charge in [0, 0.05) is 39.1 Å². The van der Waals surface area contributed by atoms with Gasteiger partial charge in [0.1, 0.15) is 0 Å². The summed E-state index contributed by atoms with van der Waals surface area (Å²) in [4.78, 5) is 28.0. The minimum Gasteiger partial charge on any atom is -0.352 e. The molecular weight excluding hydrogens is 340 g/mol. The summed E-state index contributed by atoms with van der Waals surface area (Å²) in [5, 5.41) is 5.92. The van der Waals surface area contributed by atoms with Crippen LogP contribution in [0.5, 0.6) is 0 Å². The molecule has 2 aliphatic heterocycles. The topological polar surface area (TPSA) is 64.7 Å². The number of benzene rings is 1. The molecule has 0 saturated carbocycles. The van der Waals surface area contributed by atoms with Crippen molar-refractivity contribution in [1.29, 1.82) is 0 Å². The molecule has 1 atom stereocenters. The molecule has 6 heteroatoms. The monoisotopic (exact) mass is 372 g/mol. The van der Waals surface area contributed by atoms with Gasteiger partial charge in [0.15, 0.2) is 0 Å². The first-order valence-corrected chi connectivity index (χ1v) is 10.2. The molecule has 27 heavy (non-hydrogen) atoms. The summed E-state index contributed by atoms with van der Waals surface area (Å²) in [6.07, 6.45) is 5.83. The van der Waals surface area contributed by atoms with Gasteiger partial charge in [-0.25, -0.2) is 4.79 Å². The van der Waals surface area contributed by atoms with Crippen LogP contribution in [0.4, 0.5) is 4.79 Å². The van der Waals surface area contributed by atoms with Gasteiger partial charge in [-0.15, -0.1) is 0 Å². The maximum absolute atomic E-state index is 12.4. The van der Waals surface area contributed by atoms with Crippen molar-refractivity contribution >= 4 is 11.9 Å². The largest absolute Gasteiger partial charge is 0.352 e. The van der Waals surface area contributed by atoms with Gasteiger partial charge in [0.25, 0.3) is 0 Å². The molecule has 0 spiro atoms. The van der Waals surface area contributed by atoms with Crippen LogP contribution in [-0.4, -0.2) is 54.0 Å². The van der Waals surface area contributed by atoms with Crippen molar-refractivity contribution < 1.29 is 9.59 Å². The molecule has 0 bridgehead atoms. The average Bonchev–Trinajstić information content (AvgIpc) is 2.68. The van der Waals surface area contributed by atoms with Gasteiger partial charge in [0.05, 0.1) is 0 Å². The van der Waals surface area contributed by atoms with E-state index in [2.05, 4.69) is 39.8 Å². The summed E-state index contributed by atoms with van der Waals surface area (Å²) in [5.41, 5.74) is 2.45. The Morgan fingerprint density at radius 3 is 2.41 bits per heavy atom. The minimum atomic E-state index is -0.0533. The van der Waals surface area contributed by atoms with Crippen LogP contribution in [0.3, 0.4) is 0 Å². The maximum Gasteiger partial charge on any atom is 0.317 e. The van der Waals surface area contributed by atoms with Crippen LogP contribution in [0.2, 0.25) is 0 Å². The third-order valence-electron chi connectivity index (χ3n) is 5.44. The highest BCUT2D eigenvalue weighted by Gasteiger charge is 2.23. The van der Waals surface area contributed by atoms with Gasteiger partial charge < -0.3 is 15.5 Å². The number of rotatable bonds is 5. The fourth-order valence-corrected chi connectivity index (χ4v) is 3.99. The standard InChI is InChI=1S/C21H32N4O2/c1-17(26)23-20-6-5-13-25(16-20)21(27)22-14-18-7-9-19(10-8-18)15-24-11-3-2-4-12-24/h7-10,20H,2-6,11-16H2,1H3,(H,22,27)(H,23,26). The minimum absolute atomic E-state index is 0.0353. The second kappa shape index (κ2) is 9.74. The lowest BCUT2D eigenvalue weighted by Gasteiger charge is -2.33. The van der Waals surface area contributed by atoms with Crippen LogP contribution in [0, 0.1) is 0 Å². The molecule has 3 rings (SSSR count). The first-order valence-electron chi connectivity index (χ1n) is 10.2. The Balaban J connectivity index is 1.43. The van der Waals surface area contributed by atoms with E-state index in [0.29, 0.717) is 13.1 Å². The van der Waals surface area contributed by atoms with Gasteiger partial charge >= 0.3 is 6.03 Å². The third kappa shape index (κ3) is 6.24. The quantitative estimate of drug-likeness (QED) is 0.835. The van der Waals surface area contributed by atoms with Crippen molar-refractivity contribution in [2.75, 3.05) is 26.2 Å². The molecule has 3 amide bonds. The Morgan fingerprint density at radius 2 is 1.70 bits per heavy atom. The molecule has 0 aliphatic carbocycles. The van der Waals surface area contributed by atoms with E-state index in [9.17, 15) is 9.59 Å². The Hall–Kier alpha value is -2.08. The van der Waals surface area contributed by atoms with Gasteiger partial charge in [-0.05, 0) is 49.9 Å². The summed E-state index contributed by atoms with van der Waals surface area (Å²) in [5.74, 6) is -0.0353. The number of nitrogens with zero attached hydrogens (tertiary/aromatic N) is 2. The Labute approximate surface area is 162 Å². The van der Waals surface area contributed by atoms with Crippen LogP contribution < -0.4 is 10.6 Å². The molecule has 148 valence electrons. The zero-order chi connectivity index (χ0) is 19.1. The summed E-state index contributed by atoms with van der Waals surface area (Å²) < 4.78 is 0. The number of nitrogens with one attached hydrogen (secondary N) is 2. The molecule has 1 aromatic carbocycles. The second-order valence-corrected chi connectivity index (χ2v) is 7.80. The van der Waals surface area contributed by atoms with E-state index >= 15 is 0 Å². The average molecular weight is 373 g/mol. The van der Waals surface area contributed by atoms with E-state index in [0.717, 1.165) is 31.5 Å². The molecule has 0 aromatic heterocycles. The first kappa shape index (κ1) is 19.7. The molecule has 2 saturated heterocycles. The lowest BCUT2D eigenvalue weighted by atomic mass is 10.1. The Morgan fingerprint density at radius 1 is 1.00 bits per heavy atom. The summed E-state index contributed by atoms with van der Waals surface area (Å²) in [6.45, 7) is 6.81. The SMILES string of the molecule is CC(=O)NC1CCCN(C(=O)NCc2ccc(CN3CCCCC3)cc2)C1. The predicted octanol–water partition coefficient (Wildman–Crippen LogP) is 2.48. The molecule has 0 radical (unpaired) electrons. The predicted molar refractivity (Wildman–Crippen MR) is 106 cm³/mol. The van der Waals surface area contributed by atoms with E-state index < -0.39 is 0 Å². The zero-order valence-electron chi connectivity index (χ0n) is 16.4. The normalized spacial score (nSPS) is 20.9. The van der Waals surface area contributed by atoms with Crippen molar-refractivity contribution in [3.63, 3.8) is 0 Å².